The van der Waals surface area contributed by atoms with Gasteiger partial charge in [0.25, 0.3) is 0 Å². The Morgan fingerprint density at radius 2 is 2.00 bits per heavy atom. The maximum absolute atomic E-state index is 13.5. The average Bonchev–Trinajstić information content (AvgIpc) is 2.63. The zero-order valence-electron chi connectivity index (χ0n) is 15.1. The molecule has 4 rings (SSSR count). The zero-order chi connectivity index (χ0) is 19.9. The molecule has 0 bridgehead atoms. The van der Waals surface area contributed by atoms with Crippen molar-refractivity contribution in [1.29, 1.82) is 0 Å². The number of halogens is 4. The van der Waals surface area contributed by atoms with E-state index < -0.39 is 11.7 Å². The molecule has 1 saturated carbocycles. The summed E-state index contributed by atoms with van der Waals surface area (Å²) < 4.78 is 41.3. The highest BCUT2D eigenvalue weighted by atomic mass is 79.9. The summed E-state index contributed by atoms with van der Waals surface area (Å²) in [5, 5.41) is 6.59. The molecule has 0 amide bonds. The number of benzene rings is 2. The van der Waals surface area contributed by atoms with Gasteiger partial charge in [-0.25, -0.2) is 0 Å². The number of alkyl halides is 3. The highest BCUT2D eigenvalue weighted by molar-refractivity contribution is 9.10. The molecule has 2 atom stereocenters. The predicted molar refractivity (Wildman–Crippen MR) is 111 cm³/mol. The van der Waals surface area contributed by atoms with Crippen LogP contribution in [0.2, 0.25) is 0 Å². The molecule has 2 unspecified atom stereocenters. The molecule has 1 fully saturated rings. The summed E-state index contributed by atoms with van der Waals surface area (Å²) in [6.07, 6.45) is -0.324. The molecule has 2 aromatic carbocycles. The lowest BCUT2D eigenvalue weighted by atomic mass is 9.86. The molecule has 0 saturated heterocycles. The lowest BCUT2D eigenvalue weighted by molar-refractivity contribution is -0.137. The van der Waals surface area contributed by atoms with Crippen LogP contribution in [0.15, 0.2) is 44.6 Å². The van der Waals surface area contributed by atoms with Crippen molar-refractivity contribution in [2.45, 2.75) is 47.7 Å². The molecule has 0 spiro atoms. The average molecular weight is 472 g/mol. The summed E-state index contributed by atoms with van der Waals surface area (Å²) in [6.45, 7) is 0.626. The van der Waals surface area contributed by atoms with Crippen LogP contribution in [0.1, 0.15) is 31.2 Å². The minimum Gasteiger partial charge on any atom is -0.383 e. The number of fused-ring (bicyclic) bond motifs is 2. The lowest BCUT2D eigenvalue weighted by Gasteiger charge is -2.29. The maximum Gasteiger partial charge on any atom is 0.416 e. The molecule has 2 aromatic rings. The number of anilines is 3. The summed E-state index contributed by atoms with van der Waals surface area (Å²) in [4.78, 5) is 1.47. The lowest BCUT2D eigenvalue weighted by Crippen LogP contribution is -2.31. The maximum atomic E-state index is 13.5. The van der Waals surface area contributed by atoms with Gasteiger partial charge in [0.2, 0.25) is 0 Å². The van der Waals surface area contributed by atoms with Crippen LogP contribution in [0.25, 0.3) is 0 Å². The van der Waals surface area contributed by atoms with Crippen molar-refractivity contribution in [3.05, 3.63) is 40.4 Å². The Balaban J connectivity index is 1.64. The molecule has 0 radical (unpaired) electrons. The zero-order valence-corrected chi connectivity index (χ0v) is 17.5. The van der Waals surface area contributed by atoms with E-state index in [2.05, 4.69) is 26.6 Å². The number of nitrogens with two attached hydrogens (primary N) is 1. The number of hydrogen-bond donors (Lipinski definition) is 3. The summed E-state index contributed by atoms with van der Waals surface area (Å²) in [5.74, 6) is 0.383. The summed E-state index contributed by atoms with van der Waals surface area (Å²) in [5.41, 5.74) is 7.50. The van der Waals surface area contributed by atoms with Gasteiger partial charge in [-0.3, -0.25) is 0 Å². The van der Waals surface area contributed by atoms with Gasteiger partial charge in [0, 0.05) is 26.9 Å². The highest BCUT2D eigenvalue weighted by Crippen LogP contribution is 2.50. The standard InChI is InChI=1S/C20H21BrF3N3S/c21-13-4-5-15-17(9-13)28-18-8-12(20(22,23)24)7-16(19(18)27-15)26-10-11-2-1-3-14(25)6-11/h4-5,7-9,11,14,26-27H,1-3,6,10,25H2. The fourth-order valence-corrected chi connectivity index (χ4v) is 5.45. The monoisotopic (exact) mass is 471 g/mol. The molecule has 0 aromatic heterocycles. The third-order valence-electron chi connectivity index (χ3n) is 5.26. The van der Waals surface area contributed by atoms with Gasteiger partial charge in [-0.15, -0.1) is 0 Å². The molecule has 2 aliphatic rings. The van der Waals surface area contributed by atoms with Crippen LogP contribution in [0.5, 0.6) is 0 Å². The minimum atomic E-state index is -4.39. The van der Waals surface area contributed by atoms with E-state index in [-0.39, 0.29) is 6.04 Å². The van der Waals surface area contributed by atoms with Crippen molar-refractivity contribution in [2.24, 2.45) is 11.7 Å². The Morgan fingerprint density at radius 3 is 2.75 bits per heavy atom. The number of hydrogen-bond acceptors (Lipinski definition) is 4. The Labute approximate surface area is 174 Å². The number of rotatable bonds is 3. The quantitative estimate of drug-likeness (QED) is 0.402. The Hall–Kier alpha value is -1.38. The molecule has 1 aliphatic carbocycles. The fourth-order valence-electron chi connectivity index (χ4n) is 3.84. The Morgan fingerprint density at radius 1 is 1.18 bits per heavy atom. The van der Waals surface area contributed by atoms with Gasteiger partial charge in [-0.1, -0.05) is 34.1 Å². The molecule has 1 aliphatic heterocycles. The second-order valence-electron chi connectivity index (χ2n) is 7.44. The predicted octanol–water partition coefficient (Wildman–Crippen LogP) is 6.61. The van der Waals surface area contributed by atoms with Gasteiger partial charge in [0.05, 0.1) is 22.6 Å². The van der Waals surface area contributed by atoms with Crippen molar-refractivity contribution in [1.82, 2.24) is 0 Å². The molecule has 1 heterocycles. The van der Waals surface area contributed by atoms with Crippen LogP contribution in [0, 0.1) is 5.92 Å². The first-order chi connectivity index (χ1) is 13.3. The van der Waals surface area contributed by atoms with Crippen LogP contribution in [-0.2, 0) is 6.18 Å². The van der Waals surface area contributed by atoms with Crippen molar-refractivity contribution in [3.8, 4) is 0 Å². The van der Waals surface area contributed by atoms with Gasteiger partial charge in [-0.05, 0) is 55.5 Å². The minimum absolute atomic E-state index is 0.190. The molecule has 150 valence electrons. The molecule has 8 heteroatoms. The largest absolute Gasteiger partial charge is 0.416 e. The smallest absolute Gasteiger partial charge is 0.383 e. The molecular formula is C20H21BrF3N3S. The van der Waals surface area contributed by atoms with E-state index in [9.17, 15) is 13.2 Å². The van der Waals surface area contributed by atoms with Crippen molar-refractivity contribution >= 4 is 44.8 Å². The van der Waals surface area contributed by atoms with Crippen LogP contribution in [-0.4, -0.2) is 12.6 Å². The topological polar surface area (TPSA) is 50.1 Å². The van der Waals surface area contributed by atoms with E-state index in [0.29, 0.717) is 28.7 Å². The van der Waals surface area contributed by atoms with Gasteiger partial charge in [-0.2, -0.15) is 13.2 Å². The Kier molecular flexibility index (Phi) is 5.55. The summed E-state index contributed by atoms with van der Waals surface area (Å²) in [7, 11) is 0. The highest BCUT2D eigenvalue weighted by Gasteiger charge is 2.33. The van der Waals surface area contributed by atoms with E-state index in [4.69, 9.17) is 5.73 Å². The first-order valence-corrected chi connectivity index (χ1v) is 10.9. The second kappa shape index (κ2) is 7.80. The summed E-state index contributed by atoms with van der Waals surface area (Å²) in [6, 6.07) is 8.37. The van der Waals surface area contributed by atoms with E-state index >= 15 is 0 Å². The van der Waals surface area contributed by atoms with E-state index in [1.807, 2.05) is 18.2 Å². The van der Waals surface area contributed by atoms with E-state index in [1.54, 1.807) is 0 Å². The third kappa shape index (κ3) is 4.28. The van der Waals surface area contributed by atoms with Crippen molar-refractivity contribution in [3.63, 3.8) is 0 Å². The third-order valence-corrected chi connectivity index (χ3v) is 6.85. The van der Waals surface area contributed by atoms with Crippen molar-refractivity contribution in [2.75, 3.05) is 17.2 Å². The Bertz CT molecular complexity index is 888. The van der Waals surface area contributed by atoms with Crippen molar-refractivity contribution < 1.29 is 13.2 Å². The first-order valence-electron chi connectivity index (χ1n) is 9.29. The van der Waals surface area contributed by atoms with E-state index in [0.717, 1.165) is 40.7 Å². The molecule has 4 N–H and O–H groups in total. The molecule has 28 heavy (non-hydrogen) atoms. The summed E-state index contributed by atoms with van der Waals surface area (Å²) >= 11 is 4.77. The van der Waals surface area contributed by atoms with Crippen LogP contribution >= 0.6 is 27.7 Å². The van der Waals surface area contributed by atoms with Crippen LogP contribution < -0.4 is 16.4 Å². The van der Waals surface area contributed by atoms with Crippen LogP contribution in [0.3, 0.4) is 0 Å². The second-order valence-corrected chi connectivity index (χ2v) is 9.44. The van der Waals surface area contributed by atoms with Crippen LogP contribution in [0.4, 0.5) is 30.2 Å². The first kappa shape index (κ1) is 19.9. The fraction of sp³-hybridized carbons (Fsp3) is 0.400. The van der Waals surface area contributed by atoms with Gasteiger partial charge in [0.1, 0.15) is 0 Å². The van der Waals surface area contributed by atoms with Gasteiger partial charge >= 0.3 is 6.18 Å². The van der Waals surface area contributed by atoms with Gasteiger partial charge < -0.3 is 16.4 Å². The normalized spacial score (nSPS) is 21.5. The van der Waals surface area contributed by atoms with Gasteiger partial charge in [0.15, 0.2) is 0 Å². The van der Waals surface area contributed by atoms with E-state index in [1.165, 1.54) is 23.9 Å². The molecular weight excluding hydrogens is 451 g/mol. The SMILES string of the molecule is NC1CCCC(CNc2cc(C(F)(F)F)cc3c2Nc2ccc(Br)cc2S3)C1. The molecule has 3 nitrogen and oxygen atoms in total. The number of nitrogens with one attached hydrogen (secondary N) is 2.